The van der Waals surface area contributed by atoms with E-state index in [0.717, 1.165) is 122 Å². The Morgan fingerprint density at radius 2 is 0.746 bits per heavy atom. The van der Waals surface area contributed by atoms with Crippen molar-refractivity contribution >= 4 is 23.8 Å². The molecule has 0 radical (unpaired) electrons. The van der Waals surface area contributed by atoms with Crippen LogP contribution in [0.2, 0.25) is 0 Å². The molecule has 0 aromatic carbocycles. The van der Waals surface area contributed by atoms with E-state index in [1.807, 2.05) is 14.0 Å². The highest BCUT2D eigenvalue weighted by atomic mass is 16.5. The van der Waals surface area contributed by atoms with Crippen LogP contribution in [0.5, 0.6) is 0 Å². The summed E-state index contributed by atoms with van der Waals surface area (Å²) < 4.78 is 11.6. The number of likely N-dealkylation sites (N-methyl/N-ethyl adjacent to an activating group) is 2. The lowest BCUT2D eigenvalue weighted by Gasteiger charge is -2.23. The Morgan fingerprint density at radius 3 is 1.22 bits per heavy atom. The minimum atomic E-state index is -0.0399. The van der Waals surface area contributed by atoms with Gasteiger partial charge in [0, 0.05) is 52.9 Å². The molecule has 0 fully saturated rings. The van der Waals surface area contributed by atoms with Gasteiger partial charge in [-0.25, -0.2) is 0 Å². The first-order valence-corrected chi connectivity index (χ1v) is 27.2. The van der Waals surface area contributed by atoms with Crippen molar-refractivity contribution in [2.75, 3.05) is 53.4 Å². The highest BCUT2D eigenvalue weighted by Gasteiger charge is 2.15. The van der Waals surface area contributed by atoms with Crippen LogP contribution in [0.3, 0.4) is 0 Å². The third kappa shape index (κ3) is 41.0. The molecule has 0 aliphatic rings. The minimum absolute atomic E-state index is 0.00508. The Balaban J connectivity index is 4.65. The lowest BCUT2D eigenvalue weighted by molar-refractivity contribution is -0.150. The minimum Gasteiger partial charge on any atom is -0.466 e. The fourth-order valence-corrected chi connectivity index (χ4v) is 8.36. The molecule has 0 N–H and O–H groups in total. The average Bonchev–Trinajstić information content (AvgIpc) is 3.28. The van der Waals surface area contributed by atoms with Crippen LogP contribution in [0.15, 0.2) is 0 Å². The number of rotatable bonds is 48. The zero-order chi connectivity index (χ0) is 46.4. The van der Waals surface area contributed by atoms with Crippen LogP contribution in [0.4, 0.5) is 0 Å². The summed E-state index contributed by atoms with van der Waals surface area (Å²) in [6.07, 6.45) is 40.8. The van der Waals surface area contributed by atoms with Crippen LogP contribution in [0.1, 0.15) is 265 Å². The third-order valence-electron chi connectivity index (χ3n) is 12.8. The van der Waals surface area contributed by atoms with Gasteiger partial charge < -0.3 is 24.2 Å². The van der Waals surface area contributed by atoms with Gasteiger partial charge in [-0.3, -0.25) is 19.2 Å². The topological polar surface area (TPSA) is 96.5 Å². The molecule has 0 spiro atoms. The Morgan fingerprint density at radius 1 is 0.381 bits per heavy atom. The number of hydrogen-bond acceptors (Lipinski definition) is 7. The molecule has 0 saturated carbocycles. The molecule has 0 aliphatic carbocycles. The Kier molecular flexibility index (Phi) is 44.8. The lowest BCUT2D eigenvalue weighted by Crippen LogP contribution is -2.37. The largest absolute Gasteiger partial charge is 0.466 e. The molecular weight excluding hydrogens is 787 g/mol. The van der Waals surface area contributed by atoms with E-state index in [-0.39, 0.29) is 29.9 Å². The molecule has 0 aliphatic heterocycles. The molecule has 0 bridgehead atoms. The first-order valence-electron chi connectivity index (χ1n) is 27.2. The average molecular weight is 892 g/mol. The molecule has 0 aromatic heterocycles. The Hall–Kier alpha value is -2.16. The molecule has 0 rings (SSSR count). The number of esters is 2. The second-order valence-electron chi connectivity index (χ2n) is 18.9. The van der Waals surface area contributed by atoms with Crippen molar-refractivity contribution in [3.63, 3.8) is 0 Å². The number of unbranched alkanes of at least 4 members (excludes halogenated alkanes) is 25. The SMILES string of the molecule is CCCCCCCCCOC(=O)CCCCCCCN(CCCCCCCC(=O)OC(CCCCCCCC)CCCCCCCC)CCCCC(=O)N(C)CCN(C)C(=O)CC. The molecule has 9 nitrogen and oxygen atoms in total. The molecule has 9 heteroatoms. The number of hydrogen-bond donors (Lipinski definition) is 0. The zero-order valence-electron chi connectivity index (χ0n) is 42.8. The van der Waals surface area contributed by atoms with E-state index in [9.17, 15) is 19.2 Å². The number of amides is 2. The molecule has 0 aromatic rings. The third-order valence-corrected chi connectivity index (χ3v) is 12.8. The summed E-state index contributed by atoms with van der Waals surface area (Å²) in [5.74, 6) is 0.217. The van der Waals surface area contributed by atoms with E-state index in [1.165, 1.54) is 109 Å². The fourth-order valence-electron chi connectivity index (χ4n) is 8.36. The van der Waals surface area contributed by atoms with Gasteiger partial charge in [0.25, 0.3) is 0 Å². The Labute approximate surface area is 390 Å². The number of nitrogens with zero attached hydrogens (tertiary/aromatic N) is 3. The van der Waals surface area contributed by atoms with E-state index < -0.39 is 0 Å². The summed E-state index contributed by atoms with van der Waals surface area (Å²) >= 11 is 0. The molecule has 0 atom stereocenters. The van der Waals surface area contributed by atoms with Crippen molar-refractivity contribution in [1.29, 1.82) is 0 Å². The maximum absolute atomic E-state index is 12.9. The summed E-state index contributed by atoms with van der Waals surface area (Å²) in [5.41, 5.74) is 0. The van der Waals surface area contributed by atoms with Crippen LogP contribution < -0.4 is 0 Å². The van der Waals surface area contributed by atoms with E-state index in [0.29, 0.717) is 45.4 Å². The predicted octanol–water partition coefficient (Wildman–Crippen LogP) is 14.2. The summed E-state index contributed by atoms with van der Waals surface area (Å²) in [6.45, 7) is 13.5. The van der Waals surface area contributed by atoms with Gasteiger partial charge in [0.2, 0.25) is 11.8 Å². The maximum Gasteiger partial charge on any atom is 0.306 e. The van der Waals surface area contributed by atoms with Crippen LogP contribution in [0.25, 0.3) is 0 Å². The Bertz CT molecular complexity index is 1040. The summed E-state index contributed by atoms with van der Waals surface area (Å²) in [4.78, 5) is 55.8. The van der Waals surface area contributed by atoms with Crippen molar-refractivity contribution in [3.8, 4) is 0 Å². The van der Waals surface area contributed by atoms with Gasteiger partial charge in [-0.1, -0.05) is 169 Å². The van der Waals surface area contributed by atoms with Crippen LogP contribution >= 0.6 is 0 Å². The second kappa shape index (κ2) is 46.4. The molecule has 2 amide bonds. The second-order valence-corrected chi connectivity index (χ2v) is 18.9. The van der Waals surface area contributed by atoms with Gasteiger partial charge in [0.15, 0.2) is 0 Å². The molecule has 63 heavy (non-hydrogen) atoms. The van der Waals surface area contributed by atoms with Crippen molar-refractivity contribution in [2.45, 2.75) is 271 Å². The van der Waals surface area contributed by atoms with E-state index >= 15 is 0 Å². The van der Waals surface area contributed by atoms with E-state index in [1.54, 1.807) is 16.8 Å². The van der Waals surface area contributed by atoms with Crippen molar-refractivity contribution in [3.05, 3.63) is 0 Å². The molecule has 372 valence electrons. The summed E-state index contributed by atoms with van der Waals surface area (Å²) in [6, 6.07) is 0. The van der Waals surface area contributed by atoms with Crippen molar-refractivity contribution in [1.82, 2.24) is 14.7 Å². The first kappa shape index (κ1) is 60.8. The molecule has 0 saturated heterocycles. The maximum atomic E-state index is 12.9. The predicted molar refractivity (Wildman–Crippen MR) is 266 cm³/mol. The van der Waals surface area contributed by atoms with Crippen molar-refractivity contribution in [2.24, 2.45) is 0 Å². The highest BCUT2D eigenvalue weighted by Crippen LogP contribution is 2.19. The number of carbonyl (C=O) groups excluding carboxylic acids is 4. The van der Waals surface area contributed by atoms with Crippen LogP contribution in [-0.2, 0) is 28.7 Å². The number of carbonyl (C=O) groups is 4. The van der Waals surface area contributed by atoms with Gasteiger partial charge in [0.1, 0.15) is 6.10 Å². The van der Waals surface area contributed by atoms with Crippen LogP contribution in [-0.4, -0.2) is 98.0 Å². The lowest BCUT2D eigenvalue weighted by atomic mass is 10.0. The standard InChI is InChI=1S/C54H105N3O6/c1-7-11-14-17-20-29-38-49-62-53(60)42-32-25-21-27-35-44-57(46-37-34-41-52(59)56(6)48-47-55(5)51(58)10-4)45-36-28-22-26-33-43-54(61)63-50(39-30-23-18-15-12-8-2)40-31-24-19-16-13-9-3/h50H,7-49H2,1-6H3. The van der Waals surface area contributed by atoms with E-state index in [4.69, 9.17) is 9.47 Å². The summed E-state index contributed by atoms with van der Waals surface area (Å²) in [7, 11) is 3.64. The van der Waals surface area contributed by atoms with Gasteiger partial charge >= 0.3 is 11.9 Å². The van der Waals surface area contributed by atoms with Crippen molar-refractivity contribution < 1.29 is 28.7 Å². The van der Waals surface area contributed by atoms with Gasteiger partial charge in [-0.2, -0.15) is 0 Å². The highest BCUT2D eigenvalue weighted by molar-refractivity contribution is 5.77. The van der Waals surface area contributed by atoms with Gasteiger partial charge in [-0.05, 0) is 90.3 Å². The molecule has 0 unspecified atom stereocenters. The quantitative estimate of drug-likeness (QED) is 0.0443. The molecular formula is C54H105N3O6. The van der Waals surface area contributed by atoms with Gasteiger partial charge in [-0.15, -0.1) is 0 Å². The first-order chi connectivity index (χ1) is 30.7. The fraction of sp³-hybridized carbons (Fsp3) is 0.926. The monoisotopic (exact) mass is 892 g/mol. The smallest absolute Gasteiger partial charge is 0.306 e. The molecule has 0 heterocycles. The summed E-state index contributed by atoms with van der Waals surface area (Å²) in [5, 5.41) is 0. The number of ether oxygens (including phenoxy) is 2. The van der Waals surface area contributed by atoms with Gasteiger partial charge in [0.05, 0.1) is 6.61 Å². The van der Waals surface area contributed by atoms with E-state index in [2.05, 4.69) is 25.7 Å². The zero-order valence-corrected chi connectivity index (χ0v) is 42.8. The normalized spacial score (nSPS) is 11.4. The van der Waals surface area contributed by atoms with Crippen LogP contribution in [0, 0.1) is 0 Å².